The molecule has 5 heteroatoms. The zero-order valence-electron chi connectivity index (χ0n) is 10.6. The number of fused-ring (bicyclic) bond motifs is 1. The Hall–Kier alpha value is -1.59. The van der Waals surface area contributed by atoms with Gasteiger partial charge in [-0.05, 0) is 13.1 Å². The molecule has 98 valence electrons. The van der Waals surface area contributed by atoms with Gasteiger partial charge in [-0.1, -0.05) is 30.0 Å². The van der Waals surface area contributed by atoms with E-state index in [4.69, 9.17) is 4.74 Å². The van der Waals surface area contributed by atoms with Crippen molar-refractivity contribution in [2.45, 2.75) is 16.3 Å². The summed E-state index contributed by atoms with van der Waals surface area (Å²) in [5.41, 5.74) is 1.21. The third-order valence-electron chi connectivity index (χ3n) is 3.15. The van der Waals surface area contributed by atoms with Gasteiger partial charge in [-0.2, -0.15) is 0 Å². The second kappa shape index (κ2) is 5.59. The van der Waals surface area contributed by atoms with Gasteiger partial charge in [0, 0.05) is 18.0 Å². The molecule has 0 bridgehead atoms. The number of nitrogens with zero attached hydrogens (tertiary/aromatic N) is 2. The molecule has 2 heterocycles. The number of nitrogens with one attached hydrogen (secondary N) is 1. The summed E-state index contributed by atoms with van der Waals surface area (Å²) in [6, 6.07) is 8.43. The van der Waals surface area contributed by atoms with Crippen molar-refractivity contribution in [3.63, 3.8) is 0 Å². The van der Waals surface area contributed by atoms with Crippen LogP contribution in [0.2, 0.25) is 0 Å². The van der Waals surface area contributed by atoms with Crippen LogP contribution in [0.5, 0.6) is 5.75 Å². The first-order valence-electron chi connectivity index (χ1n) is 6.20. The molecule has 4 nitrogen and oxygen atoms in total. The van der Waals surface area contributed by atoms with Crippen LogP contribution in [0.15, 0.2) is 47.9 Å². The van der Waals surface area contributed by atoms with Crippen molar-refractivity contribution in [2.24, 2.45) is 0 Å². The van der Waals surface area contributed by atoms with Crippen LogP contribution in [0.25, 0.3) is 0 Å². The Morgan fingerprint density at radius 1 is 1.32 bits per heavy atom. The highest BCUT2D eigenvalue weighted by molar-refractivity contribution is 7.99. The minimum atomic E-state index is 0.261. The lowest BCUT2D eigenvalue weighted by atomic mass is 10.0. The Labute approximate surface area is 116 Å². The van der Waals surface area contributed by atoms with Crippen molar-refractivity contribution < 1.29 is 4.74 Å². The van der Waals surface area contributed by atoms with Crippen LogP contribution in [0.1, 0.15) is 11.6 Å². The van der Waals surface area contributed by atoms with Crippen molar-refractivity contribution in [1.29, 1.82) is 0 Å². The van der Waals surface area contributed by atoms with E-state index < -0.39 is 0 Å². The molecule has 0 amide bonds. The van der Waals surface area contributed by atoms with Gasteiger partial charge in [-0.15, -0.1) is 0 Å². The summed E-state index contributed by atoms with van der Waals surface area (Å²) in [6.45, 7) is 0.670. The van der Waals surface area contributed by atoms with Gasteiger partial charge >= 0.3 is 0 Å². The zero-order valence-corrected chi connectivity index (χ0v) is 11.4. The normalized spacial score (nSPS) is 21.5. The molecule has 0 saturated carbocycles. The van der Waals surface area contributed by atoms with Gasteiger partial charge in [0.2, 0.25) is 0 Å². The largest absolute Gasteiger partial charge is 0.492 e. The Bertz CT molecular complexity index is 549. The Morgan fingerprint density at radius 3 is 3.00 bits per heavy atom. The Morgan fingerprint density at radius 2 is 2.21 bits per heavy atom. The van der Waals surface area contributed by atoms with Crippen molar-refractivity contribution in [1.82, 2.24) is 15.3 Å². The van der Waals surface area contributed by atoms with Crippen LogP contribution in [0, 0.1) is 0 Å². The predicted molar refractivity (Wildman–Crippen MR) is 75.4 cm³/mol. The maximum Gasteiger partial charge on any atom is 0.124 e. The third kappa shape index (κ3) is 2.57. The molecule has 2 atom stereocenters. The summed E-state index contributed by atoms with van der Waals surface area (Å²) in [6.07, 6.45) is 5.19. The molecule has 0 saturated heterocycles. The molecule has 3 rings (SSSR count). The average Bonchev–Trinajstić information content (AvgIpc) is 2.48. The summed E-state index contributed by atoms with van der Waals surface area (Å²) < 4.78 is 5.83. The first-order valence-corrected chi connectivity index (χ1v) is 7.08. The maximum absolute atomic E-state index is 5.83. The van der Waals surface area contributed by atoms with E-state index in [0.29, 0.717) is 6.61 Å². The number of benzene rings is 1. The molecule has 1 N–H and O–H groups in total. The molecule has 1 aromatic heterocycles. The van der Waals surface area contributed by atoms with Crippen LogP contribution in [0.3, 0.4) is 0 Å². The molecule has 19 heavy (non-hydrogen) atoms. The minimum absolute atomic E-state index is 0.261. The van der Waals surface area contributed by atoms with Crippen molar-refractivity contribution in [3.05, 3.63) is 48.4 Å². The molecule has 0 spiro atoms. The van der Waals surface area contributed by atoms with Gasteiger partial charge in [0.1, 0.15) is 17.4 Å². The fourth-order valence-corrected chi connectivity index (χ4v) is 3.39. The highest BCUT2D eigenvalue weighted by Crippen LogP contribution is 2.38. The second-order valence-electron chi connectivity index (χ2n) is 4.32. The van der Waals surface area contributed by atoms with Crippen LogP contribution in [-0.2, 0) is 0 Å². The van der Waals surface area contributed by atoms with E-state index in [2.05, 4.69) is 21.4 Å². The van der Waals surface area contributed by atoms with E-state index in [0.717, 1.165) is 10.8 Å². The summed E-state index contributed by atoms with van der Waals surface area (Å²) in [7, 11) is 1.98. The van der Waals surface area contributed by atoms with Crippen LogP contribution < -0.4 is 10.1 Å². The number of ether oxygens (including phenoxy) is 1. The number of rotatable bonds is 3. The van der Waals surface area contributed by atoms with Crippen LogP contribution in [0.4, 0.5) is 0 Å². The zero-order chi connectivity index (χ0) is 13.1. The maximum atomic E-state index is 5.83. The van der Waals surface area contributed by atoms with Gasteiger partial charge in [-0.25, -0.2) is 4.98 Å². The molecule has 2 aromatic rings. The van der Waals surface area contributed by atoms with Crippen molar-refractivity contribution >= 4 is 11.8 Å². The first-order chi connectivity index (χ1) is 9.38. The van der Waals surface area contributed by atoms with E-state index >= 15 is 0 Å². The lowest BCUT2D eigenvalue weighted by Gasteiger charge is -2.32. The number of aromatic nitrogens is 2. The summed E-state index contributed by atoms with van der Waals surface area (Å²) >= 11 is 1.70. The number of hydrogen-bond donors (Lipinski definition) is 1. The summed E-state index contributed by atoms with van der Waals surface area (Å²) in [4.78, 5) is 8.42. The van der Waals surface area contributed by atoms with E-state index in [9.17, 15) is 0 Å². The molecule has 0 fully saturated rings. The average molecular weight is 273 g/mol. The quantitative estimate of drug-likeness (QED) is 0.929. The van der Waals surface area contributed by atoms with Gasteiger partial charge in [0.15, 0.2) is 0 Å². The lowest BCUT2D eigenvalue weighted by molar-refractivity contribution is 0.265. The fraction of sp³-hybridized carbons (Fsp3) is 0.286. The van der Waals surface area contributed by atoms with Gasteiger partial charge < -0.3 is 10.1 Å². The SMILES string of the molecule is CNC1c2ccccc2OCC1Sc1cnccn1. The smallest absolute Gasteiger partial charge is 0.124 e. The third-order valence-corrected chi connectivity index (χ3v) is 4.31. The van der Waals surface area contributed by atoms with E-state index in [1.807, 2.05) is 25.2 Å². The van der Waals surface area contributed by atoms with Gasteiger partial charge in [-0.3, -0.25) is 4.98 Å². The second-order valence-corrected chi connectivity index (χ2v) is 5.57. The molecule has 0 radical (unpaired) electrons. The predicted octanol–water partition coefficient (Wildman–Crippen LogP) is 2.29. The molecule has 0 aliphatic carbocycles. The van der Waals surface area contributed by atoms with Gasteiger partial charge in [0.25, 0.3) is 0 Å². The lowest BCUT2D eigenvalue weighted by Crippen LogP contribution is -2.35. The molecule has 2 unspecified atom stereocenters. The minimum Gasteiger partial charge on any atom is -0.492 e. The highest BCUT2D eigenvalue weighted by Gasteiger charge is 2.30. The van der Waals surface area contributed by atoms with E-state index in [-0.39, 0.29) is 11.3 Å². The number of hydrogen-bond acceptors (Lipinski definition) is 5. The molecule has 1 aromatic carbocycles. The van der Waals surface area contributed by atoms with E-state index in [1.165, 1.54) is 5.56 Å². The molecule has 1 aliphatic heterocycles. The fourth-order valence-electron chi connectivity index (χ4n) is 2.28. The van der Waals surface area contributed by atoms with Gasteiger partial charge in [0.05, 0.1) is 17.5 Å². The molecular formula is C14H15N3OS. The van der Waals surface area contributed by atoms with Crippen LogP contribution >= 0.6 is 11.8 Å². The van der Waals surface area contributed by atoms with Crippen LogP contribution in [-0.4, -0.2) is 28.9 Å². The topological polar surface area (TPSA) is 47.0 Å². The highest BCUT2D eigenvalue weighted by atomic mass is 32.2. The first kappa shape index (κ1) is 12.4. The van der Waals surface area contributed by atoms with Crippen molar-refractivity contribution in [2.75, 3.05) is 13.7 Å². The summed E-state index contributed by atoms with van der Waals surface area (Å²) in [5.74, 6) is 0.970. The Balaban J connectivity index is 1.84. The number of para-hydroxylation sites is 1. The summed E-state index contributed by atoms with van der Waals surface area (Å²) in [5, 5.41) is 4.60. The van der Waals surface area contributed by atoms with Crippen molar-refractivity contribution in [3.8, 4) is 5.75 Å². The standard InChI is InChI=1S/C14H15N3OS/c1-15-14-10-4-2-3-5-11(10)18-9-12(14)19-13-8-16-6-7-17-13/h2-8,12,14-15H,9H2,1H3. The number of thioether (sulfide) groups is 1. The van der Waals surface area contributed by atoms with E-state index in [1.54, 1.807) is 30.4 Å². The molecular weight excluding hydrogens is 258 g/mol. The molecule has 1 aliphatic rings. The Kier molecular flexibility index (Phi) is 3.66. The monoisotopic (exact) mass is 273 g/mol.